The van der Waals surface area contributed by atoms with E-state index in [1.165, 1.54) is 89.9 Å². The highest BCUT2D eigenvalue weighted by molar-refractivity contribution is 4.55. The van der Waals surface area contributed by atoms with Gasteiger partial charge in [0.1, 0.15) is 0 Å². The molecule has 0 unspecified atom stereocenters. The standard InChI is InChI=1S/C19H40O/c1-3-4-5-6-10-13-16-19(2)17-14-11-8-7-9-12-15-18-20/h19-20H,3-18H2,1-2H3/t19-/m1/s1. The molecule has 0 spiro atoms. The maximum Gasteiger partial charge on any atom is 0.0431 e. The van der Waals surface area contributed by atoms with E-state index in [1.54, 1.807) is 0 Å². The first-order valence-corrected chi connectivity index (χ1v) is 9.42. The number of unbranched alkanes of at least 4 members (excludes halogenated alkanes) is 11. The molecule has 0 aromatic heterocycles. The Morgan fingerprint density at radius 1 is 0.600 bits per heavy atom. The average molecular weight is 285 g/mol. The molecular weight excluding hydrogens is 244 g/mol. The second-order valence-corrected chi connectivity index (χ2v) is 6.65. The van der Waals surface area contributed by atoms with Gasteiger partial charge in [-0.25, -0.2) is 0 Å². The van der Waals surface area contributed by atoms with Crippen molar-refractivity contribution in [3.63, 3.8) is 0 Å². The first-order valence-electron chi connectivity index (χ1n) is 9.42. The molecule has 0 saturated carbocycles. The smallest absolute Gasteiger partial charge is 0.0431 e. The van der Waals surface area contributed by atoms with Crippen molar-refractivity contribution in [1.29, 1.82) is 0 Å². The molecule has 1 N–H and O–H groups in total. The molecule has 0 aromatic carbocycles. The van der Waals surface area contributed by atoms with E-state index in [4.69, 9.17) is 5.11 Å². The summed E-state index contributed by atoms with van der Waals surface area (Å²) in [5, 5.41) is 8.70. The van der Waals surface area contributed by atoms with E-state index >= 15 is 0 Å². The molecule has 0 aromatic rings. The van der Waals surface area contributed by atoms with E-state index in [1.807, 2.05) is 0 Å². The van der Waals surface area contributed by atoms with Crippen LogP contribution < -0.4 is 0 Å². The lowest BCUT2D eigenvalue weighted by molar-refractivity contribution is 0.282. The maximum absolute atomic E-state index is 8.70. The summed E-state index contributed by atoms with van der Waals surface area (Å²) in [5.74, 6) is 0.940. The first-order chi connectivity index (χ1) is 9.81. The van der Waals surface area contributed by atoms with Crippen molar-refractivity contribution in [2.75, 3.05) is 6.61 Å². The van der Waals surface area contributed by atoms with Gasteiger partial charge in [-0.15, -0.1) is 0 Å². The van der Waals surface area contributed by atoms with Crippen molar-refractivity contribution < 1.29 is 5.11 Å². The van der Waals surface area contributed by atoms with Gasteiger partial charge in [-0.05, 0) is 12.3 Å². The molecule has 122 valence electrons. The topological polar surface area (TPSA) is 20.2 Å². The summed E-state index contributed by atoms with van der Waals surface area (Å²) >= 11 is 0. The van der Waals surface area contributed by atoms with Crippen LogP contribution in [0.25, 0.3) is 0 Å². The van der Waals surface area contributed by atoms with Gasteiger partial charge in [-0.2, -0.15) is 0 Å². The Labute approximate surface area is 128 Å². The summed E-state index contributed by atoms with van der Waals surface area (Å²) in [4.78, 5) is 0. The summed E-state index contributed by atoms with van der Waals surface area (Å²) in [6.45, 7) is 5.10. The lowest BCUT2D eigenvalue weighted by Crippen LogP contribution is -1.95. The minimum absolute atomic E-state index is 0.371. The predicted octanol–water partition coefficient (Wildman–Crippen LogP) is 6.49. The van der Waals surface area contributed by atoms with Gasteiger partial charge < -0.3 is 5.11 Å². The Balaban J connectivity index is 3.10. The van der Waals surface area contributed by atoms with Crippen LogP contribution in [0.5, 0.6) is 0 Å². The zero-order valence-electron chi connectivity index (χ0n) is 14.3. The van der Waals surface area contributed by atoms with Gasteiger partial charge in [-0.3, -0.25) is 0 Å². The highest BCUT2D eigenvalue weighted by atomic mass is 16.2. The van der Waals surface area contributed by atoms with Crippen LogP contribution in [-0.4, -0.2) is 11.7 Å². The second-order valence-electron chi connectivity index (χ2n) is 6.65. The van der Waals surface area contributed by atoms with Gasteiger partial charge in [-0.1, -0.05) is 104 Å². The molecule has 20 heavy (non-hydrogen) atoms. The van der Waals surface area contributed by atoms with Gasteiger partial charge in [0.05, 0.1) is 0 Å². The van der Waals surface area contributed by atoms with Crippen molar-refractivity contribution in [3.8, 4) is 0 Å². The third kappa shape index (κ3) is 16.0. The van der Waals surface area contributed by atoms with Crippen molar-refractivity contribution >= 4 is 0 Å². The summed E-state index contributed by atoms with van der Waals surface area (Å²) < 4.78 is 0. The number of rotatable bonds is 16. The normalized spacial score (nSPS) is 12.8. The molecule has 1 nitrogen and oxygen atoms in total. The van der Waals surface area contributed by atoms with Crippen LogP contribution in [0.1, 0.15) is 110 Å². The molecule has 0 amide bonds. The number of hydrogen-bond donors (Lipinski definition) is 1. The van der Waals surface area contributed by atoms with Crippen molar-refractivity contribution in [2.45, 2.75) is 110 Å². The van der Waals surface area contributed by atoms with E-state index in [2.05, 4.69) is 13.8 Å². The minimum atomic E-state index is 0.371. The maximum atomic E-state index is 8.70. The van der Waals surface area contributed by atoms with Crippen LogP contribution in [0.4, 0.5) is 0 Å². The van der Waals surface area contributed by atoms with Crippen LogP contribution in [0, 0.1) is 5.92 Å². The van der Waals surface area contributed by atoms with Crippen molar-refractivity contribution in [2.24, 2.45) is 5.92 Å². The lowest BCUT2D eigenvalue weighted by Gasteiger charge is -2.11. The van der Waals surface area contributed by atoms with E-state index in [9.17, 15) is 0 Å². The molecule has 0 aliphatic heterocycles. The molecule has 0 aliphatic rings. The minimum Gasteiger partial charge on any atom is -0.396 e. The van der Waals surface area contributed by atoms with Gasteiger partial charge in [0.25, 0.3) is 0 Å². The third-order valence-electron chi connectivity index (χ3n) is 4.41. The molecule has 0 saturated heterocycles. The molecule has 0 aliphatic carbocycles. The second kappa shape index (κ2) is 17.0. The fraction of sp³-hybridized carbons (Fsp3) is 1.00. The van der Waals surface area contributed by atoms with Crippen LogP contribution in [0.3, 0.4) is 0 Å². The van der Waals surface area contributed by atoms with Crippen LogP contribution in [0.15, 0.2) is 0 Å². The summed E-state index contributed by atoms with van der Waals surface area (Å²) in [6, 6.07) is 0. The lowest BCUT2D eigenvalue weighted by atomic mass is 9.96. The Morgan fingerprint density at radius 2 is 1.00 bits per heavy atom. The number of aliphatic hydroxyl groups is 1. The number of aliphatic hydroxyl groups excluding tert-OH is 1. The average Bonchev–Trinajstić information content (AvgIpc) is 2.45. The third-order valence-corrected chi connectivity index (χ3v) is 4.41. The monoisotopic (exact) mass is 284 g/mol. The Kier molecular flexibility index (Phi) is 17.0. The van der Waals surface area contributed by atoms with Crippen LogP contribution >= 0.6 is 0 Å². The van der Waals surface area contributed by atoms with Gasteiger partial charge in [0.15, 0.2) is 0 Å². The molecule has 1 atom stereocenters. The highest BCUT2D eigenvalue weighted by Crippen LogP contribution is 2.18. The summed E-state index contributed by atoms with van der Waals surface area (Å²) in [6.07, 6.45) is 20.6. The van der Waals surface area contributed by atoms with Gasteiger partial charge >= 0.3 is 0 Å². The quantitative estimate of drug-likeness (QED) is 0.321. The zero-order valence-corrected chi connectivity index (χ0v) is 14.3. The Bertz CT molecular complexity index is 167. The zero-order chi connectivity index (χ0) is 14.9. The Morgan fingerprint density at radius 3 is 1.45 bits per heavy atom. The molecule has 0 bridgehead atoms. The number of hydrogen-bond acceptors (Lipinski definition) is 1. The van der Waals surface area contributed by atoms with E-state index < -0.39 is 0 Å². The molecule has 0 heterocycles. The van der Waals surface area contributed by atoms with Gasteiger partial charge in [0.2, 0.25) is 0 Å². The summed E-state index contributed by atoms with van der Waals surface area (Å²) in [5.41, 5.74) is 0. The predicted molar refractivity (Wildman–Crippen MR) is 91.2 cm³/mol. The first kappa shape index (κ1) is 20.0. The fourth-order valence-electron chi connectivity index (χ4n) is 2.91. The molecule has 1 heteroatoms. The van der Waals surface area contributed by atoms with Crippen LogP contribution in [0.2, 0.25) is 0 Å². The Hall–Kier alpha value is -0.0400. The van der Waals surface area contributed by atoms with E-state index in [-0.39, 0.29) is 0 Å². The van der Waals surface area contributed by atoms with E-state index in [0.29, 0.717) is 6.61 Å². The molecule has 0 radical (unpaired) electrons. The molecule has 0 fully saturated rings. The highest BCUT2D eigenvalue weighted by Gasteiger charge is 2.02. The van der Waals surface area contributed by atoms with Crippen LogP contribution in [-0.2, 0) is 0 Å². The summed E-state index contributed by atoms with van der Waals surface area (Å²) in [7, 11) is 0. The van der Waals surface area contributed by atoms with Crippen molar-refractivity contribution in [1.82, 2.24) is 0 Å². The fourth-order valence-corrected chi connectivity index (χ4v) is 2.91. The largest absolute Gasteiger partial charge is 0.396 e. The molecule has 0 rings (SSSR count). The van der Waals surface area contributed by atoms with Gasteiger partial charge in [0, 0.05) is 6.61 Å². The van der Waals surface area contributed by atoms with E-state index in [0.717, 1.165) is 12.3 Å². The molecular formula is C19H40O. The van der Waals surface area contributed by atoms with Crippen molar-refractivity contribution in [3.05, 3.63) is 0 Å². The SMILES string of the molecule is CCCCCCCC[C@@H](C)CCCCCCCCCO.